The first-order valence-electron chi connectivity index (χ1n) is 6.66. The third-order valence-corrected chi connectivity index (χ3v) is 3.11. The molecule has 0 saturated carbocycles. The van der Waals surface area contributed by atoms with Gasteiger partial charge in [-0.3, -0.25) is 0 Å². The summed E-state index contributed by atoms with van der Waals surface area (Å²) in [5.74, 6) is 0.116. The molecule has 0 fully saturated rings. The standard InChI is InChI=1S/C14H16ClFN4O/c1-3-20(4-2)13-17-12(15)18-14(19-13)21-9-10-7-5-6-8-11(10)16/h5-8H,3-4,9H2,1-2H3. The molecule has 0 unspecified atom stereocenters. The maximum absolute atomic E-state index is 13.5. The van der Waals surface area contributed by atoms with Gasteiger partial charge in [-0.2, -0.15) is 15.0 Å². The molecular weight excluding hydrogens is 295 g/mol. The molecule has 0 radical (unpaired) electrons. The molecule has 0 atom stereocenters. The lowest BCUT2D eigenvalue weighted by molar-refractivity contribution is 0.274. The molecular formula is C14H16ClFN4O. The summed E-state index contributed by atoms with van der Waals surface area (Å²) in [4.78, 5) is 14.1. The molecule has 1 heterocycles. The first-order valence-corrected chi connectivity index (χ1v) is 7.04. The maximum Gasteiger partial charge on any atom is 0.322 e. The smallest absolute Gasteiger partial charge is 0.322 e. The van der Waals surface area contributed by atoms with Crippen LogP contribution >= 0.6 is 11.6 Å². The molecule has 0 N–H and O–H groups in total. The van der Waals surface area contributed by atoms with Gasteiger partial charge in [0.15, 0.2) is 0 Å². The van der Waals surface area contributed by atoms with Crippen molar-refractivity contribution >= 4 is 17.5 Å². The minimum absolute atomic E-state index is 0.0324. The van der Waals surface area contributed by atoms with Crippen LogP contribution in [0.25, 0.3) is 0 Å². The van der Waals surface area contributed by atoms with Crippen molar-refractivity contribution in [2.75, 3.05) is 18.0 Å². The fourth-order valence-corrected chi connectivity index (χ4v) is 1.94. The molecule has 112 valence electrons. The number of halogens is 2. The van der Waals surface area contributed by atoms with Gasteiger partial charge in [0.1, 0.15) is 12.4 Å². The zero-order chi connectivity index (χ0) is 15.2. The maximum atomic E-state index is 13.5. The van der Waals surface area contributed by atoms with Crippen LogP contribution in [0.2, 0.25) is 5.28 Å². The molecule has 0 amide bonds. The van der Waals surface area contributed by atoms with Gasteiger partial charge in [-0.25, -0.2) is 4.39 Å². The van der Waals surface area contributed by atoms with E-state index in [1.54, 1.807) is 18.2 Å². The highest BCUT2D eigenvalue weighted by atomic mass is 35.5. The molecule has 1 aromatic carbocycles. The van der Waals surface area contributed by atoms with Crippen LogP contribution in [0.15, 0.2) is 24.3 Å². The van der Waals surface area contributed by atoms with Gasteiger partial charge in [0.2, 0.25) is 11.2 Å². The molecule has 0 aliphatic rings. The predicted octanol–water partition coefficient (Wildman–Crippen LogP) is 3.09. The number of aromatic nitrogens is 3. The van der Waals surface area contributed by atoms with Gasteiger partial charge in [0, 0.05) is 18.7 Å². The summed E-state index contributed by atoms with van der Waals surface area (Å²) in [5.41, 5.74) is 0.429. The molecule has 1 aromatic heterocycles. The van der Waals surface area contributed by atoms with Gasteiger partial charge < -0.3 is 9.64 Å². The van der Waals surface area contributed by atoms with Gasteiger partial charge in [0.05, 0.1) is 0 Å². The Morgan fingerprint density at radius 3 is 2.52 bits per heavy atom. The van der Waals surface area contributed by atoms with Crippen molar-refractivity contribution in [1.82, 2.24) is 15.0 Å². The van der Waals surface area contributed by atoms with Crippen molar-refractivity contribution in [2.45, 2.75) is 20.5 Å². The Balaban J connectivity index is 2.15. The number of benzene rings is 1. The fourth-order valence-electron chi connectivity index (χ4n) is 1.79. The fraction of sp³-hybridized carbons (Fsp3) is 0.357. The third kappa shape index (κ3) is 4.01. The number of rotatable bonds is 6. The second-order valence-electron chi connectivity index (χ2n) is 4.24. The SMILES string of the molecule is CCN(CC)c1nc(Cl)nc(OCc2ccccc2F)n1. The van der Waals surface area contributed by atoms with E-state index >= 15 is 0 Å². The normalized spacial score (nSPS) is 10.5. The van der Waals surface area contributed by atoms with E-state index < -0.39 is 0 Å². The Morgan fingerprint density at radius 1 is 1.14 bits per heavy atom. The molecule has 2 aromatic rings. The van der Waals surface area contributed by atoms with Crippen LogP contribution in [0.5, 0.6) is 6.01 Å². The lowest BCUT2D eigenvalue weighted by Gasteiger charge is -2.18. The van der Waals surface area contributed by atoms with Gasteiger partial charge in [-0.05, 0) is 31.5 Å². The Morgan fingerprint density at radius 2 is 1.86 bits per heavy atom. The highest BCUT2D eigenvalue weighted by molar-refractivity contribution is 6.28. The van der Waals surface area contributed by atoms with Crippen LogP contribution in [0.1, 0.15) is 19.4 Å². The molecule has 21 heavy (non-hydrogen) atoms. The van der Waals surface area contributed by atoms with Crippen LogP contribution in [-0.4, -0.2) is 28.0 Å². The quantitative estimate of drug-likeness (QED) is 0.820. The number of hydrogen-bond donors (Lipinski definition) is 0. The zero-order valence-corrected chi connectivity index (χ0v) is 12.6. The van der Waals surface area contributed by atoms with Crippen molar-refractivity contribution in [1.29, 1.82) is 0 Å². The second-order valence-corrected chi connectivity index (χ2v) is 4.58. The summed E-state index contributed by atoms with van der Waals surface area (Å²) in [6.45, 7) is 5.49. The summed E-state index contributed by atoms with van der Waals surface area (Å²) < 4.78 is 18.9. The number of nitrogens with zero attached hydrogens (tertiary/aromatic N) is 4. The van der Waals surface area contributed by atoms with Crippen molar-refractivity contribution in [3.63, 3.8) is 0 Å². The van der Waals surface area contributed by atoms with Gasteiger partial charge in [-0.1, -0.05) is 18.2 Å². The Kier molecular flexibility index (Phi) is 5.27. The lowest BCUT2D eigenvalue weighted by Crippen LogP contribution is -2.24. The molecule has 0 bridgehead atoms. The van der Waals surface area contributed by atoms with E-state index in [1.165, 1.54) is 6.07 Å². The molecule has 0 spiro atoms. The van der Waals surface area contributed by atoms with E-state index in [1.807, 2.05) is 18.7 Å². The molecule has 0 aliphatic carbocycles. The molecule has 7 heteroatoms. The van der Waals surface area contributed by atoms with Gasteiger partial charge in [0.25, 0.3) is 0 Å². The van der Waals surface area contributed by atoms with Gasteiger partial charge in [-0.15, -0.1) is 0 Å². The number of anilines is 1. The molecule has 0 saturated heterocycles. The van der Waals surface area contributed by atoms with Crippen molar-refractivity contribution in [2.24, 2.45) is 0 Å². The van der Waals surface area contributed by atoms with E-state index in [4.69, 9.17) is 16.3 Å². The average molecular weight is 311 g/mol. The van der Waals surface area contributed by atoms with E-state index in [-0.39, 0.29) is 23.7 Å². The van der Waals surface area contributed by atoms with Crippen LogP contribution in [-0.2, 0) is 6.61 Å². The van der Waals surface area contributed by atoms with Crippen molar-refractivity contribution in [3.8, 4) is 6.01 Å². The van der Waals surface area contributed by atoms with Gasteiger partial charge >= 0.3 is 6.01 Å². The number of ether oxygens (including phenoxy) is 1. The summed E-state index contributed by atoms with van der Waals surface area (Å²) in [5, 5.41) is 0.0513. The Hall–Kier alpha value is -1.95. The number of hydrogen-bond acceptors (Lipinski definition) is 5. The first-order chi connectivity index (χ1) is 10.1. The van der Waals surface area contributed by atoms with Crippen LogP contribution < -0.4 is 9.64 Å². The third-order valence-electron chi connectivity index (χ3n) is 2.94. The van der Waals surface area contributed by atoms with E-state index in [2.05, 4.69) is 15.0 Å². The molecule has 5 nitrogen and oxygen atoms in total. The second kappa shape index (κ2) is 7.17. The largest absolute Gasteiger partial charge is 0.458 e. The minimum atomic E-state index is -0.332. The topological polar surface area (TPSA) is 51.1 Å². The summed E-state index contributed by atoms with van der Waals surface area (Å²) >= 11 is 5.88. The highest BCUT2D eigenvalue weighted by Gasteiger charge is 2.11. The summed E-state index contributed by atoms with van der Waals surface area (Å²) in [6, 6.07) is 6.46. The average Bonchev–Trinajstić information content (AvgIpc) is 2.47. The Bertz CT molecular complexity index is 607. The van der Waals surface area contributed by atoms with Crippen molar-refractivity contribution in [3.05, 3.63) is 40.9 Å². The Labute approximate surface area is 127 Å². The zero-order valence-electron chi connectivity index (χ0n) is 11.9. The van der Waals surface area contributed by atoms with E-state index in [9.17, 15) is 4.39 Å². The summed E-state index contributed by atoms with van der Waals surface area (Å²) in [7, 11) is 0. The van der Waals surface area contributed by atoms with Crippen LogP contribution in [0, 0.1) is 5.82 Å². The van der Waals surface area contributed by atoms with Crippen LogP contribution in [0.3, 0.4) is 0 Å². The molecule has 0 aliphatic heterocycles. The summed E-state index contributed by atoms with van der Waals surface area (Å²) in [6.07, 6.45) is 0. The van der Waals surface area contributed by atoms with E-state index in [0.717, 1.165) is 13.1 Å². The van der Waals surface area contributed by atoms with Crippen LogP contribution in [0.4, 0.5) is 10.3 Å². The van der Waals surface area contributed by atoms with E-state index in [0.29, 0.717) is 11.5 Å². The monoisotopic (exact) mass is 310 g/mol. The predicted molar refractivity (Wildman–Crippen MR) is 79.1 cm³/mol. The minimum Gasteiger partial charge on any atom is -0.458 e. The molecule has 2 rings (SSSR count). The first kappa shape index (κ1) is 15.4. The van der Waals surface area contributed by atoms with Crippen molar-refractivity contribution < 1.29 is 9.13 Å². The lowest BCUT2D eigenvalue weighted by atomic mass is 10.2. The highest BCUT2D eigenvalue weighted by Crippen LogP contribution is 2.16.